The van der Waals surface area contributed by atoms with Gasteiger partial charge in [0.25, 0.3) is 0 Å². The van der Waals surface area contributed by atoms with Crippen molar-refractivity contribution in [3.05, 3.63) is 0 Å². The number of hydrogen-bond donors (Lipinski definition) is 1. The SMILES string of the molecule is NC(=O)C1C2CCCC2CN1CC1CC2CCC1O2. The molecule has 6 unspecified atom stereocenters. The van der Waals surface area contributed by atoms with E-state index >= 15 is 0 Å². The van der Waals surface area contributed by atoms with Gasteiger partial charge in [0.2, 0.25) is 5.91 Å². The van der Waals surface area contributed by atoms with E-state index in [0.29, 0.717) is 24.0 Å². The second-order valence-corrected chi connectivity index (χ2v) is 7.03. The average Bonchev–Trinajstić information content (AvgIpc) is 3.05. The summed E-state index contributed by atoms with van der Waals surface area (Å²) in [4.78, 5) is 14.2. The molecule has 4 rings (SSSR count). The van der Waals surface area contributed by atoms with Crippen molar-refractivity contribution >= 4 is 5.91 Å². The highest BCUT2D eigenvalue weighted by Gasteiger charge is 2.49. The second kappa shape index (κ2) is 4.45. The second-order valence-electron chi connectivity index (χ2n) is 7.03. The lowest BCUT2D eigenvalue weighted by atomic mass is 9.88. The minimum Gasteiger partial charge on any atom is -0.375 e. The molecule has 0 aromatic carbocycles. The molecule has 19 heavy (non-hydrogen) atoms. The molecule has 1 aliphatic carbocycles. The van der Waals surface area contributed by atoms with Gasteiger partial charge < -0.3 is 10.5 Å². The van der Waals surface area contributed by atoms with Crippen LogP contribution in [0.3, 0.4) is 0 Å². The van der Waals surface area contributed by atoms with E-state index in [0.717, 1.165) is 19.0 Å². The Morgan fingerprint density at radius 2 is 2.16 bits per heavy atom. The van der Waals surface area contributed by atoms with Crippen LogP contribution in [0.15, 0.2) is 0 Å². The van der Waals surface area contributed by atoms with Crippen molar-refractivity contribution in [2.45, 2.75) is 56.8 Å². The van der Waals surface area contributed by atoms with E-state index in [1.807, 2.05) is 0 Å². The van der Waals surface area contributed by atoms with Gasteiger partial charge in [-0.05, 0) is 43.9 Å². The van der Waals surface area contributed by atoms with Gasteiger partial charge >= 0.3 is 0 Å². The molecule has 0 radical (unpaired) electrons. The summed E-state index contributed by atoms with van der Waals surface area (Å²) in [5.41, 5.74) is 5.68. The third-order valence-corrected chi connectivity index (χ3v) is 5.98. The average molecular weight is 264 g/mol. The predicted molar refractivity (Wildman–Crippen MR) is 71.4 cm³/mol. The van der Waals surface area contributed by atoms with Crippen LogP contribution in [0.5, 0.6) is 0 Å². The van der Waals surface area contributed by atoms with Crippen LogP contribution in [-0.4, -0.2) is 42.1 Å². The number of nitrogens with two attached hydrogens (primary N) is 1. The van der Waals surface area contributed by atoms with Gasteiger partial charge in [-0.2, -0.15) is 0 Å². The Balaban J connectivity index is 1.46. The summed E-state index contributed by atoms with van der Waals surface area (Å²) >= 11 is 0. The van der Waals surface area contributed by atoms with E-state index in [4.69, 9.17) is 10.5 Å². The van der Waals surface area contributed by atoms with Crippen molar-refractivity contribution in [3.63, 3.8) is 0 Å². The minimum atomic E-state index is -0.0986. The van der Waals surface area contributed by atoms with Crippen LogP contribution in [-0.2, 0) is 9.53 Å². The summed E-state index contributed by atoms with van der Waals surface area (Å²) in [6.07, 6.45) is 8.39. The fourth-order valence-electron chi connectivity index (χ4n) is 5.21. The van der Waals surface area contributed by atoms with E-state index in [1.165, 1.54) is 38.5 Å². The lowest BCUT2D eigenvalue weighted by molar-refractivity contribution is -0.123. The Morgan fingerprint density at radius 3 is 2.84 bits per heavy atom. The van der Waals surface area contributed by atoms with Crippen LogP contribution >= 0.6 is 0 Å². The molecule has 4 nitrogen and oxygen atoms in total. The maximum absolute atomic E-state index is 11.8. The fraction of sp³-hybridized carbons (Fsp3) is 0.933. The van der Waals surface area contributed by atoms with Crippen molar-refractivity contribution in [2.75, 3.05) is 13.1 Å². The molecule has 106 valence electrons. The van der Waals surface area contributed by atoms with Crippen LogP contribution in [0.4, 0.5) is 0 Å². The maximum atomic E-state index is 11.8. The standard InChI is InChI=1S/C15H24N2O2/c16-15(18)14-12-3-1-2-9(12)7-17(14)8-10-6-11-4-5-13(10)19-11/h9-14H,1-8H2,(H2,16,18). The van der Waals surface area contributed by atoms with E-state index in [2.05, 4.69) is 4.90 Å². The van der Waals surface area contributed by atoms with Crippen LogP contribution in [0.25, 0.3) is 0 Å². The predicted octanol–water partition coefficient (Wildman–Crippen LogP) is 1.14. The Bertz CT molecular complexity index is 386. The van der Waals surface area contributed by atoms with Crippen molar-refractivity contribution in [1.29, 1.82) is 0 Å². The number of likely N-dealkylation sites (tertiary alicyclic amines) is 1. The molecule has 6 atom stereocenters. The highest BCUT2D eigenvalue weighted by atomic mass is 16.5. The van der Waals surface area contributed by atoms with Gasteiger partial charge in [-0.15, -0.1) is 0 Å². The first-order valence-corrected chi connectivity index (χ1v) is 7.91. The summed E-state index contributed by atoms with van der Waals surface area (Å²) in [7, 11) is 0. The van der Waals surface area contributed by atoms with Crippen molar-refractivity contribution in [2.24, 2.45) is 23.5 Å². The molecule has 4 fully saturated rings. The number of carbonyl (C=O) groups is 1. The van der Waals surface area contributed by atoms with Gasteiger partial charge in [-0.3, -0.25) is 9.69 Å². The van der Waals surface area contributed by atoms with E-state index in [-0.39, 0.29) is 11.9 Å². The first-order chi connectivity index (χ1) is 9.22. The molecule has 1 saturated carbocycles. The molecular formula is C15H24N2O2. The van der Waals surface area contributed by atoms with E-state index in [1.54, 1.807) is 0 Å². The molecule has 4 heteroatoms. The third kappa shape index (κ3) is 1.91. The Hall–Kier alpha value is -0.610. The van der Waals surface area contributed by atoms with Crippen LogP contribution < -0.4 is 5.73 Å². The molecular weight excluding hydrogens is 240 g/mol. The molecule has 4 aliphatic rings. The number of rotatable bonds is 3. The van der Waals surface area contributed by atoms with Crippen LogP contribution in [0, 0.1) is 17.8 Å². The van der Waals surface area contributed by atoms with Gasteiger partial charge in [-0.25, -0.2) is 0 Å². The molecule has 2 bridgehead atoms. The van der Waals surface area contributed by atoms with E-state index < -0.39 is 0 Å². The number of hydrogen-bond acceptors (Lipinski definition) is 3. The molecule has 2 N–H and O–H groups in total. The number of nitrogens with zero attached hydrogens (tertiary/aromatic N) is 1. The zero-order valence-corrected chi connectivity index (χ0v) is 11.5. The molecule has 3 aliphatic heterocycles. The van der Waals surface area contributed by atoms with Crippen LogP contribution in [0.2, 0.25) is 0 Å². The topological polar surface area (TPSA) is 55.6 Å². The van der Waals surface area contributed by atoms with Gasteiger partial charge in [0.15, 0.2) is 0 Å². The fourth-order valence-corrected chi connectivity index (χ4v) is 5.21. The highest BCUT2D eigenvalue weighted by molar-refractivity contribution is 5.80. The number of primary amides is 1. The summed E-state index contributed by atoms with van der Waals surface area (Å²) in [5, 5.41) is 0. The quantitative estimate of drug-likeness (QED) is 0.831. The number of fused-ring (bicyclic) bond motifs is 3. The summed E-state index contributed by atoms with van der Waals surface area (Å²) in [6.45, 7) is 2.12. The van der Waals surface area contributed by atoms with E-state index in [9.17, 15) is 4.79 Å². The smallest absolute Gasteiger partial charge is 0.235 e. The molecule has 0 aromatic rings. The molecule has 3 heterocycles. The van der Waals surface area contributed by atoms with Gasteiger partial charge in [0, 0.05) is 19.0 Å². The first kappa shape index (κ1) is 12.2. The summed E-state index contributed by atoms with van der Waals surface area (Å²) in [6, 6.07) is 0.00614. The minimum absolute atomic E-state index is 0.00614. The van der Waals surface area contributed by atoms with Crippen molar-refractivity contribution in [3.8, 4) is 0 Å². The monoisotopic (exact) mass is 264 g/mol. The first-order valence-electron chi connectivity index (χ1n) is 7.91. The summed E-state index contributed by atoms with van der Waals surface area (Å²) < 4.78 is 5.94. The highest BCUT2D eigenvalue weighted by Crippen LogP contribution is 2.44. The number of carbonyl (C=O) groups excluding carboxylic acids is 1. The molecule has 3 saturated heterocycles. The molecule has 1 amide bonds. The maximum Gasteiger partial charge on any atom is 0.235 e. The summed E-state index contributed by atoms with van der Waals surface area (Å²) in [5.74, 6) is 1.80. The van der Waals surface area contributed by atoms with Crippen LogP contribution in [0.1, 0.15) is 38.5 Å². The molecule has 0 aromatic heterocycles. The van der Waals surface area contributed by atoms with Gasteiger partial charge in [-0.1, -0.05) is 6.42 Å². The number of amides is 1. The number of ether oxygens (including phenoxy) is 1. The largest absolute Gasteiger partial charge is 0.375 e. The lowest BCUT2D eigenvalue weighted by Crippen LogP contribution is -2.46. The zero-order chi connectivity index (χ0) is 13.0. The Kier molecular flexibility index (Phi) is 2.85. The molecule has 0 spiro atoms. The normalized spacial score (nSPS) is 48.8. The lowest BCUT2D eigenvalue weighted by Gasteiger charge is -2.30. The zero-order valence-electron chi connectivity index (χ0n) is 11.5. The third-order valence-electron chi connectivity index (χ3n) is 5.98. The Morgan fingerprint density at radius 1 is 1.26 bits per heavy atom. The van der Waals surface area contributed by atoms with Gasteiger partial charge in [0.05, 0.1) is 18.2 Å². The van der Waals surface area contributed by atoms with Crippen molar-refractivity contribution < 1.29 is 9.53 Å². The van der Waals surface area contributed by atoms with Crippen molar-refractivity contribution in [1.82, 2.24) is 4.90 Å². The van der Waals surface area contributed by atoms with Gasteiger partial charge in [0.1, 0.15) is 0 Å². The Labute approximate surface area is 114 Å².